The molecule has 0 aliphatic heterocycles. The van der Waals surface area contributed by atoms with Gasteiger partial charge in [-0.25, -0.2) is 14.8 Å². The van der Waals surface area contributed by atoms with Gasteiger partial charge < -0.3 is 5.11 Å². The molecule has 0 spiro atoms. The molecule has 0 bridgehead atoms. The third-order valence-electron chi connectivity index (χ3n) is 2.28. The van der Waals surface area contributed by atoms with Crippen LogP contribution in [0.15, 0.2) is 6.07 Å². The summed E-state index contributed by atoms with van der Waals surface area (Å²) in [7, 11) is 0. The van der Waals surface area contributed by atoms with Crippen molar-refractivity contribution < 1.29 is 9.90 Å². The van der Waals surface area contributed by atoms with Gasteiger partial charge >= 0.3 is 5.97 Å². The molecule has 0 radical (unpaired) electrons. The lowest BCUT2D eigenvalue weighted by atomic mass is 10.3. The van der Waals surface area contributed by atoms with Crippen molar-refractivity contribution in [3.63, 3.8) is 0 Å². The smallest absolute Gasteiger partial charge is 0.354 e. The van der Waals surface area contributed by atoms with Crippen molar-refractivity contribution in [3.05, 3.63) is 28.8 Å². The van der Waals surface area contributed by atoms with Gasteiger partial charge in [0.05, 0.1) is 5.69 Å². The van der Waals surface area contributed by atoms with Gasteiger partial charge in [-0.2, -0.15) is 0 Å². The quantitative estimate of drug-likeness (QED) is 0.763. The van der Waals surface area contributed by atoms with Crippen molar-refractivity contribution in [1.29, 1.82) is 0 Å². The first kappa shape index (κ1) is 9.64. The number of aromatic nitrogens is 3. The minimum Gasteiger partial charge on any atom is -0.477 e. The fourth-order valence-electron chi connectivity index (χ4n) is 1.73. The van der Waals surface area contributed by atoms with Crippen molar-refractivity contribution in [2.75, 3.05) is 0 Å². The van der Waals surface area contributed by atoms with E-state index in [-0.39, 0.29) is 5.69 Å². The summed E-state index contributed by atoms with van der Waals surface area (Å²) in [5.41, 5.74) is 2.34. The maximum absolute atomic E-state index is 11.0. The molecule has 0 amide bonds. The standard InChI is InChI=1S/C10H11N3O2/c1-5-4-6(2)13-8(9(14)15)7(3)12-10(13)11-5/h4H,1-3H3,(H,14,15). The van der Waals surface area contributed by atoms with Gasteiger partial charge in [-0.05, 0) is 26.8 Å². The summed E-state index contributed by atoms with van der Waals surface area (Å²) in [4.78, 5) is 19.4. The molecule has 0 aliphatic rings. The number of hydrogen-bond acceptors (Lipinski definition) is 3. The average molecular weight is 205 g/mol. The molecule has 0 aliphatic carbocycles. The Balaban J connectivity index is 2.93. The Morgan fingerprint density at radius 3 is 2.60 bits per heavy atom. The molecule has 5 heteroatoms. The van der Waals surface area contributed by atoms with Gasteiger partial charge in [-0.1, -0.05) is 0 Å². The minimum atomic E-state index is -0.978. The Bertz CT molecular complexity index is 557. The number of rotatable bonds is 1. The van der Waals surface area contributed by atoms with E-state index in [1.54, 1.807) is 11.3 Å². The molecule has 0 fully saturated rings. The lowest BCUT2D eigenvalue weighted by Gasteiger charge is -2.02. The van der Waals surface area contributed by atoms with Crippen molar-refractivity contribution >= 4 is 11.7 Å². The van der Waals surface area contributed by atoms with Crippen LogP contribution in [0.25, 0.3) is 5.78 Å². The molecule has 0 saturated carbocycles. The Morgan fingerprint density at radius 1 is 1.33 bits per heavy atom. The van der Waals surface area contributed by atoms with E-state index in [0.29, 0.717) is 11.5 Å². The largest absolute Gasteiger partial charge is 0.477 e. The molecular weight excluding hydrogens is 194 g/mol. The van der Waals surface area contributed by atoms with Crippen LogP contribution in [0.4, 0.5) is 0 Å². The number of aromatic carboxylic acids is 1. The second-order valence-electron chi connectivity index (χ2n) is 3.53. The first-order chi connectivity index (χ1) is 7.00. The fourth-order valence-corrected chi connectivity index (χ4v) is 1.73. The van der Waals surface area contributed by atoms with E-state index < -0.39 is 5.97 Å². The summed E-state index contributed by atoms with van der Waals surface area (Å²) in [6.45, 7) is 5.37. The predicted molar refractivity (Wildman–Crippen MR) is 54.2 cm³/mol. The summed E-state index contributed by atoms with van der Waals surface area (Å²) in [5, 5.41) is 9.06. The van der Waals surface area contributed by atoms with E-state index >= 15 is 0 Å². The molecule has 1 N–H and O–H groups in total. The second kappa shape index (κ2) is 3.05. The van der Waals surface area contributed by atoms with Gasteiger partial charge in [0, 0.05) is 11.4 Å². The summed E-state index contributed by atoms with van der Waals surface area (Å²) in [6.07, 6.45) is 0. The number of carboxylic acid groups (broad SMARTS) is 1. The van der Waals surface area contributed by atoms with E-state index in [0.717, 1.165) is 11.4 Å². The Hall–Kier alpha value is -1.91. The molecule has 0 aromatic carbocycles. The van der Waals surface area contributed by atoms with Crippen LogP contribution >= 0.6 is 0 Å². The van der Waals surface area contributed by atoms with E-state index in [4.69, 9.17) is 5.11 Å². The lowest BCUT2D eigenvalue weighted by molar-refractivity contribution is 0.0688. The summed E-state index contributed by atoms with van der Waals surface area (Å²) >= 11 is 0. The van der Waals surface area contributed by atoms with Crippen LogP contribution in [0, 0.1) is 20.8 Å². The molecule has 78 valence electrons. The number of aryl methyl sites for hydroxylation is 3. The van der Waals surface area contributed by atoms with E-state index in [1.165, 1.54) is 0 Å². The lowest BCUT2D eigenvalue weighted by Crippen LogP contribution is -2.06. The van der Waals surface area contributed by atoms with Gasteiger partial charge in [-0.3, -0.25) is 4.40 Å². The Kier molecular flexibility index (Phi) is 1.96. The molecule has 15 heavy (non-hydrogen) atoms. The van der Waals surface area contributed by atoms with Crippen molar-refractivity contribution in [2.45, 2.75) is 20.8 Å². The van der Waals surface area contributed by atoms with Crippen molar-refractivity contribution in [3.8, 4) is 0 Å². The maximum Gasteiger partial charge on any atom is 0.354 e. The topological polar surface area (TPSA) is 67.5 Å². The van der Waals surface area contributed by atoms with Crippen LogP contribution in [0.5, 0.6) is 0 Å². The van der Waals surface area contributed by atoms with Crippen LogP contribution in [0.3, 0.4) is 0 Å². The number of carboxylic acids is 1. The van der Waals surface area contributed by atoms with Crippen LogP contribution in [-0.4, -0.2) is 25.4 Å². The van der Waals surface area contributed by atoms with E-state index in [1.807, 2.05) is 19.9 Å². The molecule has 0 atom stereocenters. The van der Waals surface area contributed by atoms with Crippen molar-refractivity contribution in [2.24, 2.45) is 0 Å². The highest BCUT2D eigenvalue weighted by molar-refractivity contribution is 5.88. The number of imidazole rings is 1. The normalized spacial score (nSPS) is 10.9. The Labute approximate surface area is 86.4 Å². The van der Waals surface area contributed by atoms with Crippen LogP contribution in [-0.2, 0) is 0 Å². The molecule has 5 nitrogen and oxygen atoms in total. The minimum absolute atomic E-state index is 0.190. The molecule has 2 rings (SSSR count). The van der Waals surface area contributed by atoms with E-state index in [2.05, 4.69) is 9.97 Å². The highest BCUT2D eigenvalue weighted by Crippen LogP contribution is 2.14. The van der Waals surface area contributed by atoms with Gasteiger partial charge in [0.1, 0.15) is 0 Å². The van der Waals surface area contributed by atoms with Crippen molar-refractivity contribution in [1.82, 2.24) is 14.4 Å². The third-order valence-corrected chi connectivity index (χ3v) is 2.28. The van der Waals surface area contributed by atoms with Crippen LogP contribution in [0.1, 0.15) is 27.6 Å². The monoisotopic (exact) mass is 205 g/mol. The summed E-state index contributed by atoms with van der Waals surface area (Å²) in [5.74, 6) is -0.531. The van der Waals surface area contributed by atoms with Gasteiger partial charge in [0.2, 0.25) is 5.78 Å². The zero-order valence-corrected chi connectivity index (χ0v) is 8.77. The highest BCUT2D eigenvalue weighted by atomic mass is 16.4. The zero-order valence-electron chi connectivity index (χ0n) is 8.77. The molecule has 0 unspecified atom stereocenters. The number of carbonyl (C=O) groups is 1. The van der Waals surface area contributed by atoms with Gasteiger partial charge in [-0.15, -0.1) is 0 Å². The molecule has 0 saturated heterocycles. The van der Waals surface area contributed by atoms with E-state index in [9.17, 15) is 4.79 Å². The number of nitrogens with zero attached hydrogens (tertiary/aromatic N) is 3. The molecule has 2 aromatic heterocycles. The fraction of sp³-hybridized carbons (Fsp3) is 0.300. The molecule has 2 aromatic rings. The van der Waals surface area contributed by atoms with Gasteiger partial charge in [0.15, 0.2) is 5.69 Å². The highest BCUT2D eigenvalue weighted by Gasteiger charge is 2.17. The number of hydrogen-bond donors (Lipinski definition) is 1. The predicted octanol–water partition coefficient (Wildman–Crippen LogP) is 1.35. The first-order valence-electron chi connectivity index (χ1n) is 4.57. The summed E-state index contributed by atoms with van der Waals surface area (Å²) in [6, 6.07) is 1.83. The SMILES string of the molecule is Cc1cc(C)n2c(C(=O)O)c(C)nc2n1. The molecular formula is C10H11N3O2. The maximum atomic E-state index is 11.0. The first-order valence-corrected chi connectivity index (χ1v) is 4.57. The Morgan fingerprint density at radius 2 is 2.00 bits per heavy atom. The second-order valence-corrected chi connectivity index (χ2v) is 3.53. The zero-order chi connectivity index (χ0) is 11.2. The van der Waals surface area contributed by atoms with Gasteiger partial charge in [0.25, 0.3) is 0 Å². The number of fused-ring (bicyclic) bond motifs is 1. The molecule has 2 heterocycles. The van der Waals surface area contributed by atoms with Crippen LogP contribution in [0.2, 0.25) is 0 Å². The summed E-state index contributed by atoms with van der Waals surface area (Å²) < 4.78 is 1.56. The average Bonchev–Trinajstić information content (AvgIpc) is 2.40. The van der Waals surface area contributed by atoms with Crippen LogP contribution < -0.4 is 0 Å². The third kappa shape index (κ3) is 1.36.